The smallest absolute Gasteiger partial charge is 0.324 e. The molecule has 0 aliphatic rings. The second-order valence-corrected chi connectivity index (χ2v) is 4.50. The van der Waals surface area contributed by atoms with Crippen molar-refractivity contribution in [2.24, 2.45) is 5.92 Å². The molecule has 2 amide bonds. The average molecular weight is 302 g/mol. The Labute approximate surface area is 120 Å². The molecule has 0 atom stereocenters. The minimum absolute atomic E-state index is 0.0841. The highest BCUT2D eigenvalue weighted by Crippen LogP contribution is 2.25. The zero-order valence-electron chi connectivity index (χ0n) is 11.8. The lowest BCUT2D eigenvalue weighted by Gasteiger charge is -2.16. The molecule has 0 aliphatic carbocycles. The lowest BCUT2D eigenvalue weighted by Crippen LogP contribution is -2.30. The summed E-state index contributed by atoms with van der Waals surface area (Å²) in [7, 11) is 0. The van der Waals surface area contributed by atoms with Crippen LogP contribution in [0.1, 0.15) is 26.7 Å². The van der Waals surface area contributed by atoms with E-state index in [1.54, 1.807) is 11.4 Å². The Kier molecular flexibility index (Phi) is 5.75. The summed E-state index contributed by atoms with van der Waals surface area (Å²) in [6, 6.07) is 5.77. The summed E-state index contributed by atoms with van der Waals surface area (Å²) in [6.07, 6.45) is -3.73. The van der Waals surface area contributed by atoms with E-state index in [0.717, 1.165) is 0 Å². The zero-order chi connectivity index (χ0) is 16.0. The third-order valence-electron chi connectivity index (χ3n) is 3.05. The van der Waals surface area contributed by atoms with E-state index >= 15 is 0 Å². The summed E-state index contributed by atoms with van der Waals surface area (Å²) >= 11 is 0. The van der Waals surface area contributed by atoms with E-state index in [0.29, 0.717) is 12.8 Å². The number of carbonyl (C=O) groups excluding carboxylic acids is 2. The average Bonchev–Trinajstić information content (AvgIpc) is 2.41. The highest BCUT2D eigenvalue weighted by molar-refractivity contribution is 6.01. The molecule has 0 radical (unpaired) electrons. The molecule has 0 aromatic heterocycles. The zero-order valence-corrected chi connectivity index (χ0v) is 11.8. The van der Waals surface area contributed by atoms with Gasteiger partial charge >= 0.3 is 12.1 Å². The van der Waals surface area contributed by atoms with E-state index in [2.05, 4.69) is 5.32 Å². The van der Waals surface area contributed by atoms with Crippen LogP contribution in [0.3, 0.4) is 0 Å². The molecule has 0 fully saturated rings. The van der Waals surface area contributed by atoms with Crippen LogP contribution in [0.2, 0.25) is 0 Å². The van der Waals surface area contributed by atoms with E-state index < -0.39 is 12.1 Å². The molecule has 116 valence electrons. The van der Waals surface area contributed by atoms with E-state index in [1.165, 1.54) is 18.2 Å². The first-order valence-electron chi connectivity index (χ1n) is 6.57. The largest absolute Gasteiger partial charge is 0.471 e. The van der Waals surface area contributed by atoms with Crippen molar-refractivity contribution in [3.8, 4) is 0 Å². The first-order valence-corrected chi connectivity index (χ1v) is 6.57. The third-order valence-corrected chi connectivity index (χ3v) is 3.05. The summed E-state index contributed by atoms with van der Waals surface area (Å²) in [4.78, 5) is 22.9. The van der Waals surface area contributed by atoms with Gasteiger partial charge in [-0.15, -0.1) is 0 Å². The van der Waals surface area contributed by atoms with Crippen LogP contribution in [-0.4, -0.2) is 18.0 Å². The van der Waals surface area contributed by atoms with Crippen LogP contribution in [0.25, 0.3) is 0 Å². The topological polar surface area (TPSA) is 58.2 Å². The molecule has 0 heterocycles. The quantitative estimate of drug-likeness (QED) is 0.873. The maximum Gasteiger partial charge on any atom is 0.471 e. The molecule has 2 N–H and O–H groups in total. The van der Waals surface area contributed by atoms with Crippen molar-refractivity contribution in [2.45, 2.75) is 32.9 Å². The molecule has 21 heavy (non-hydrogen) atoms. The monoisotopic (exact) mass is 302 g/mol. The van der Waals surface area contributed by atoms with Crippen molar-refractivity contribution < 1.29 is 22.8 Å². The Morgan fingerprint density at radius 3 is 1.95 bits per heavy atom. The number of hydrogen-bond acceptors (Lipinski definition) is 2. The van der Waals surface area contributed by atoms with Crippen LogP contribution in [0.4, 0.5) is 24.5 Å². The second-order valence-electron chi connectivity index (χ2n) is 4.50. The van der Waals surface area contributed by atoms with Crippen LogP contribution in [0.5, 0.6) is 0 Å². The van der Waals surface area contributed by atoms with Crippen molar-refractivity contribution in [1.29, 1.82) is 0 Å². The normalized spacial score (nSPS) is 11.3. The number of hydrogen-bond donors (Lipinski definition) is 2. The Balaban J connectivity index is 2.90. The molecule has 4 nitrogen and oxygen atoms in total. The van der Waals surface area contributed by atoms with Gasteiger partial charge in [0.05, 0.1) is 11.4 Å². The highest BCUT2D eigenvalue weighted by atomic mass is 19.4. The summed E-state index contributed by atoms with van der Waals surface area (Å²) in [5.74, 6) is -2.59. The molecule has 1 rings (SSSR count). The predicted octanol–water partition coefficient (Wildman–Crippen LogP) is 3.56. The van der Waals surface area contributed by atoms with Gasteiger partial charge in [-0.2, -0.15) is 13.2 Å². The number of carbonyl (C=O) groups is 2. The first-order chi connectivity index (χ1) is 9.79. The number of alkyl halides is 3. The maximum atomic E-state index is 12.3. The molecule has 1 aromatic carbocycles. The van der Waals surface area contributed by atoms with E-state index in [9.17, 15) is 22.8 Å². The van der Waals surface area contributed by atoms with Crippen LogP contribution >= 0.6 is 0 Å². The summed E-state index contributed by atoms with van der Waals surface area (Å²) < 4.78 is 36.8. The third kappa shape index (κ3) is 4.77. The molecule has 0 saturated carbocycles. The van der Waals surface area contributed by atoms with Gasteiger partial charge in [0.1, 0.15) is 0 Å². The van der Waals surface area contributed by atoms with Crippen LogP contribution in [0, 0.1) is 5.92 Å². The molecule has 0 bridgehead atoms. The maximum absolute atomic E-state index is 12.3. The predicted molar refractivity (Wildman–Crippen MR) is 73.8 cm³/mol. The van der Waals surface area contributed by atoms with Crippen molar-refractivity contribution in [1.82, 2.24) is 0 Å². The fourth-order valence-electron chi connectivity index (χ4n) is 1.79. The Morgan fingerprint density at radius 1 is 1.05 bits per heavy atom. The highest BCUT2D eigenvalue weighted by Gasteiger charge is 2.39. The fraction of sp³-hybridized carbons (Fsp3) is 0.429. The van der Waals surface area contributed by atoms with E-state index in [-0.39, 0.29) is 23.2 Å². The fourth-order valence-corrected chi connectivity index (χ4v) is 1.79. The number of amides is 2. The second kappa shape index (κ2) is 7.10. The Morgan fingerprint density at radius 2 is 1.52 bits per heavy atom. The molecule has 0 aliphatic heterocycles. The SMILES string of the molecule is CCC(CC)C(=O)Nc1ccccc1NC(=O)C(F)(F)F. The van der Waals surface area contributed by atoms with Crippen molar-refractivity contribution >= 4 is 23.2 Å². The van der Waals surface area contributed by atoms with Gasteiger partial charge in [-0.05, 0) is 25.0 Å². The minimum Gasteiger partial charge on any atom is -0.324 e. The van der Waals surface area contributed by atoms with Crippen molar-refractivity contribution in [3.05, 3.63) is 24.3 Å². The number of nitrogens with one attached hydrogen (secondary N) is 2. The van der Waals surface area contributed by atoms with Gasteiger partial charge in [-0.1, -0.05) is 26.0 Å². The van der Waals surface area contributed by atoms with Gasteiger partial charge in [0.25, 0.3) is 0 Å². The lowest BCUT2D eigenvalue weighted by atomic mass is 10.0. The number of rotatable bonds is 5. The molecule has 1 aromatic rings. The van der Waals surface area contributed by atoms with Gasteiger partial charge in [-0.25, -0.2) is 0 Å². The van der Waals surface area contributed by atoms with E-state index in [1.807, 2.05) is 13.8 Å². The summed E-state index contributed by atoms with van der Waals surface area (Å²) in [5, 5.41) is 4.30. The Hall–Kier alpha value is -2.05. The van der Waals surface area contributed by atoms with Crippen LogP contribution in [0.15, 0.2) is 24.3 Å². The molecule has 0 unspecified atom stereocenters. The van der Waals surface area contributed by atoms with Crippen molar-refractivity contribution in [2.75, 3.05) is 10.6 Å². The molecular formula is C14H17F3N2O2. The standard InChI is InChI=1S/C14H17F3N2O2/c1-3-9(4-2)12(20)18-10-7-5-6-8-11(10)19-13(21)14(15,16)17/h5-9H,3-4H2,1-2H3,(H,18,20)(H,19,21). The number of para-hydroxylation sites is 2. The molecule has 7 heteroatoms. The summed E-state index contributed by atoms with van der Waals surface area (Å²) in [6.45, 7) is 3.70. The van der Waals surface area contributed by atoms with Gasteiger partial charge in [-0.3, -0.25) is 9.59 Å². The lowest BCUT2D eigenvalue weighted by molar-refractivity contribution is -0.167. The number of halogens is 3. The first kappa shape index (κ1) is 17.0. The van der Waals surface area contributed by atoms with Crippen LogP contribution in [-0.2, 0) is 9.59 Å². The number of benzene rings is 1. The van der Waals surface area contributed by atoms with Gasteiger partial charge < -0.3 is 10.6 Å². The van der Waals surface area contributed by atoms with Gasteiger partial charge in [0, 0.05) is 5.92 Å². The molecular weight excluding hydrogens is 285 g/mol. The minimum atomic E-state index is -4.98. The van der Waals surface area contributed by atoms with Crippen molar-refractivity contribution in [3.63, 3.8) is 0 Å². The van der Waals surface area contributed by atoms with E-state index in [4.69, 9.17) is 0 Å². The molecule has 0 saturated heterocycles. The van der Waals surface area contributed by atoms with Crippen LogP contribution < -0.4 is 10.6 Å². The van der Waals surface area contributed by atoms with Gasteiger partial charge in [0.2, 0.25) is 5.91 Å². The Bertz CT molecular complexity index is 511. The molecule has 0 spiro atoms. The number of anilines is 2. The summed E-state index contributed by atoms with van der Waals surface area (Å²) in [5.41, 5.74) is 0.0612. The van der Waals surface area contributed by atoms with Gasteiger partial charge in [0.15, 0.2) is 0 Å².